The molecule has 5 rings (SSSR count). The zero-order valence-corrected chi connectivity index (χ0v) is 17.0. The molecule has 4 N–H and O–H groups in total. The van der Waals surface area contributed by atoms with Gasteiger partial charge in [-0.2, -0.15) is 0 Å². The number of ether oxygens (including phenoxy) is 1. The average Bonchev–Trinajstić information content (AvgIpc) is 3.33. The highest BCUT2D eigenvalue weighted by molar-refractivity contribution is 5.95. The van der Waals surface area contributed by atoms with E-state index < -0.39 is 5.97 Å². The number of aryl methyl sites for hydroxylation is 1. The minimum atomic E-state index is -0.879. The lowest BCUT2D eigenvalue weighted by atomic mass is 9.88. The van der Waals surface area contributed by atoms with Crippen molar-refractivity contribution in [2.75, 3.05) is 6.61 Å². The number of carbonyl (C=O) groups is 1. The molecule has 1 saturated carbocycles. The maximum atomic E-state index is 12.1. The van der Waals surface area contributed by atoms with Gasteiger partial charge in [-0.3, -0.25) is 4.98 Å². The van der Waals surface area contributed by atoms with Crippen molar-refractivity contribution >= 4 is 5.97 Å². The number of benzene rings is 1. The van der Waals surface area contributed by atoms with Crippen LogP contribution in [0, 0.1) is 0 Å². The Morgan fingerprint density at radius 3 is 2.70 bits per heavy atom. The van der Waals surface area contributed by atoms with Crippen LogP contribution in [0.4, 0.5) is 0 Å². The second-order valence-electron chi connectivity index (χ2n) is 8.36. The van der Waals surface area contributed by atoms with Crippen LogP contribution in [-0.2, 0) is 19.3 Å². The SMILES string of the molecule is CCOc1ccc(-c2cc3c(cn2)CCc2c-3[nH]c(CC3(N)CC3)c2C(=O)O)cc1. The van der Waals surface area contributed by atoms with E-state index in [2.05, 4.69) is 16.0 Å². The molecule has 2 aromatic heterocycles. The Bertz CT molecular complexity index is 1130. The number of hydrogen-bond donors (Lipinski definition) is 3. The van der Waals surface area contributed by atoms with E-state index in [1.807, 2.05) is 37.4 Å². The summed E-state index contributed by atoms with van der Waals surface area (Å²) in [5.41, 5.74) is 13.0. The molecule has 0 unspecified atom stereocenters. The lowest BCUT2D eigenvalue weighted by Gasteiger charge is -2.17. The third-order valence-corrected chi connectivity index (χ3v) is 6.18. The summed E-state index contributed by atoms with van der Waals surface area (Å²) in [4.78, 5) is 20.1. The fraction of sp³-hybridized carbons (Fsp3) is 0.333. The van der Waals surface area contributed by atoms with E-state index >= 15 is 0 Å². The van der Waals surface area contributed by atoms with Gasteiger partial charge in [0.1, 0.15) is 5.75 Å². The predicted molar refractivity (Wildman–Crippen MR) is 115 cm³/mol. The summed E-state index contributed by atoms with van der Waals surface area (Å²) in [5.74, 6) is -0.0478. The van der Waals surface area contributed by atoms with Crippen LogP contribution in [0.1, 0.15) is 46.9 Å². The molecule has 3 aromatic rings. The van der Waals surface area contributed by atoms with Gasteiger partial charge in [-0.15, -0.1) is 0 Å². The molecule has 6 nitrogen and oxygen atoms in total. The minimum absolute atomic E-state index is 0.258. The monoisotopic (exact) mass is 403 g/mol. The molecular formula is C24H25N3O3. The van der Waals surface area contributed by atoms with E-state index in [9.17, 15) is 9.90 Å². The van der Waals surface area contributed by atoms with Gasteiger partial charge >= 0.3 is 5.97 Å². The molecule has 0 atom stereocenters. The number of nitrogens with zero attached hydrogens (tertiary/aromatic N) is 1. The fourth-order valence-corrected chi connectivity index (χ4v) is 4.38. The number of carboxylic acid groups (broad SMARTS) is 1. The highest BCUT2D eigenvalue weighted by atomic mass is 16.5. The van der Waals surface area contributed by atoms with E-state index in [0.717, 1.165) is 64.3 Å². The van der Waals surface area contributed by atoms with Crippen molar-refractivity contribution in [1.29, 1.82) is 0 Å². The molecule has 2 heterocycles. The lowest BCUT2D eigenvalue weighted by Crippen LogP contribution is -2.25. The molecule has 154 valence electrons. The summed E-state index contributed by atoms with van der Waals surface area (Å²) >= 11 is 0. The van der Waals surface area contributed by atoms with Gasteiger partial charge in [0.2, 0.25) is 0 Å². The Hall–Kier alpha value is -3.12. The predicted octanol–water partition coefficient (Wildman–Crippen LogP) is 3.97. The van der Waals surface area contributed by atoms with Crippen molar-refractivity contribution in [1.82, 2.24) is 9.97 Å². The quantitative estimate of drug-likeness (QED) is 0.578. The van der Waals surface area contributed by atoms with Gasteiger partial charge in [0.25, 0.3) is 0 Å². The summed E-state index contributed by atoms with van der Waals surface area (Å²) < 4.78 is 5.53. The van der Waals surface area contributed by atoms with Crippen LogP contribution in [0.3, 0.4) is 0 Å². The molecule has 0 saturated heterocycles. The summed E-state index contributed by atoms with van der Waals surface area (Å²) in [7, 11) is 0. The summed E-state index contributed by atoms with van der Waals surface area (Å²) in [5, 5.41) is 9.89. The molecule has 1 aromatic carbocycles. The average molecular weight is 403 g/mol. The summed E-state index contributed by atoms with van der Waals surface area (Å²) in [6, 6.07) is 9.94. The van der Waals surface area contributed by atoms with Crippen molar-refractivity contribution in [3.63, 3.8) is 0 Å². The summed E-state index contributed by atoms with van der Waals surface area (Å²) in [6.07, 6.45) is 5.85. The van der Waals surface area contributed by atoms with Gasteiger partial charge < -0.3 is 20.6 Å². The number of aromatic carboxylic acids is 1. The van der Waals surface area contributed by atoms with E-state index in [-0.39, 0.29) is 5.54 Å². The smallest absolute Gasteiger partial charge is 0.337 e. The number of H-pyrrole nitrogens is 1. The molecule has 0 radical (unpaired) electrons. The first kappa shape index (κ1) is 18.9. The number of hydrogen-bond acceptors (Lipinski definition) is 4. The topological polar surface area (TPSA) is 101 Å². The Balaban J connectivity index is 1.57. The summed E-state index contributed by atoms with van der Waals surface area (Å²) in [6.45, 7) is 2.59. The number of nitrogens with two attached hydrogens (primary N) is 1. The highest BCUT2D eigenvalue weighted by Gasteiger charge is 2.40. The van der Waals surface area contributed by atoms with E-state index in [0.29, 0.717) is 25.0 Å². The Labute approximate surface area is 175 Å². The van der Waals surface area contributed by atoms with Gasteiger partial charge in [0.15, 0.2) is 0 Å². The van der Waals surface area contributed by atoms with Crippen molar-refractivity contribution in [2.24, 2.45) is 5.73 Å². The molecule has 30 heavy (non-hydrogen) atoms. The van der Waals surface area contributed by atoms with Crippen molar-refractivity contribution in [3.05, 3.63) is 58.9 Å². The molecule has 0 aliphatic heterocycles. The molecule has 2 aliphatic carbocycles. The molecule has 0 bridgehead atoms. The van der Waals surface area contributed by atoms with Crippen LogP contribution in [0.25, 0.3) is 22.5 Å². The first-order valence-corrected chi connectivity index (χ1v) is 10.5. The van der Waals surface area contributed by atoms with Crippen molar-refractivity contribution in [3.8, 4) is 28.3 Å². The molecule has 2 aliphatic rings. The number of rotatable bonds is 6. The second kappa shape index (κ2) is 6.99. The van der Waals surface area contributed by atoms with Crippen LogP contribution in [-0.4, -0.2) is 33.2 Å². The zero-order chi connectivity index (χ0) is 20.9. The van der Waals surface area contributed by atoms with Gasteiger partial charge in [0, 0.05) is 35.0 Å². The molecule has 0 spiro atoms. The van der Waals surface area contributed by atoms with Crippen LogP contribution in [0.15, 0.2) is 36.5 Å². The normalized spacial score (nSPS) is 15.9. The molecule has 1 fully saturated rings. The van der Waals surface area contributed by atoms with Crippen LogP contribution in [0.5, 0.6) is 5.75 Å². The first-order chi connectivity index (χ1) is 14.5. The van der Waals surface area contributed by atoms with E-state index in [1.165, 1.54) is 0 Å². The third kappa shape index (κ3) is 3.27. The number of pyridine rings is 1. The maximum Gasteiger partial charge on any atom is 0.337 e. The Morgan fingerprint density at radius 2 is 2.03 bits per heavy atom. The maximum absolute atomic E-state index is 12.1. The highest BCUT2D eigenvalue weighted by Crippen LogP contribution is 2.41. The Morgan fingerprint density at radius 1 is 1.27 bits per heavy atom. The molecule has 0 amide bonds. The largest absolute Gasteiger partial charge is 0.494 e. The lowest BCUT2D eigenvalue weighted by molar-refractivity contribution is 0.0694. The van der Waals surface area contributed by atoms with Gasteiger partial charge in [-0.05, 0) is 74.1 Å². The van der Waals surface area contributed by atoms with Gasteiger partial charge in [-0.25, -0.2) is 4.79 Å². The number of aromatic amines is 1. The minimum Gasteiger partial charge on any atom is -0.494 e. The third-order valence-electron chi connectivity index (χ3n) is 6.18. The number of aromatic nitrogens is 2. The van der Waals surface area contributed by atoms with Crippen molar-refractivity contribution < 1.29 is 14.6 Å². The standard InChI is InChI=1S/C24H25N3O3/c1-2-30-16-6-3-14(4-7-16)19-11-18-15(13-26-19)5-8-17-21(23(28)29)20(27-22(17)18)12-24(25)9-10-24/h3-4,6-7,11,13,27H,2,5,8-10,12,25H2,1H3,(H,28,29). The van der Waals surface area contributed by atoms with E-state index in [1.54, 1.807) is 0 Å². The van der Waals surface area contributed by atoms with Crippen LogP contribution >= 0.6 is 0 Å². The second-order valence-corrected chi connectivity index (χ2v) is 8.36. The Kier molecular flexibility index (Phi) is 4.40. The van der Waals surface area contributed by atoms with E-state index in [4.69, 9.17) is 10.5 Å². The van der Waals surface area contributed by atoms with Gasteiger partial charge in [0.05, 0.1) is 23.6 Å². The number of fused-ring (bicyclic) bond motifs is 3. The molecule has 6 heteroatoms. The molecular weight excluding hydrogens is 378 g/mol. The number of nitrogens with one attached hydrogen (secondary N) is 1. The fourth-order valence-electron chi connectivity index (χ4n) is 4.38. The zero-order valence-electron chi connectivity index (χ0n) is 17.0. The van der Waals surface area contributed by atoms with Crippen LogP contribution < -0.4 is 10.5 Å². The first-order valence-electron chi connectivity index (χ1n) is 10.5. The van der Waals surface area contributed by atoms with Crippen LogP contribution in [0.2, 0.25) is 0 Å². The van der Waals surface area contributed by atoms with Gasteiger partial charge in [-0.1, -0.05) is 0 Å². The van der Waals surface area contributed by atoms with Crippen molar-refractivity contribution in [2.45, 2.75) is 44.6 Å². The number of carboxylic acids is 1.